The fourth-order valence-electron chi connectivity index (χ4n) is 3.32. The van der Waals surface area contributed by atoms with Gasteiger partial charge >= 0.3 is 0 Å². The number of rotatable bonds is 1. The Kier molecular flexibility index (Phi) is 1.68. The van der Waals surface area contributed by atoms with Gasteiger partial charge in [-0.15, -0.1) is 0 Å². The Morgan fingerprint density at radius 1 is 1.42 bits per heavy atom. The highest BCUT2D eigenvalue weighted by atomic mass is 14.6. The minimum Gasteiger partial charge on any atom is -0.198 e. The summed E-state index contributed by atoms with van der Waals surface area (Å²) in [5.74, 6) is 2.54. The van der Waals surface area contributed by atoms with Crippen molar-refractivity contribution < 1.29 is 0 Å². The first-order valence-corrected chi connectivity index (χ1v) is 5.03. The van der Waals surface area contributed by atoms with Crippen molar-refractivity contribution in [2.75, 3.05) is 0 Å². The van der Waals surface area contributed by atoms with Gasteiger partial charge in [-0.3, -0.25) is 0 Å². The SMILES string of the molecule is CC1(C)C2CC[C@@H](CC#N)C1C2. The zero-order chi connectivity index (χ0) is 8.77. The van der Waals surface area contributed by atoms with E-state index in [0.29, 0.717) is 5.41 Å². The van der Waals surface area contributed by atoms with Gasteiger partial charge in [-0.2, -0.15) is 5.26 Å². The standard InChI is InChI=1S/C11H17N/c1-11(2)9-4-3-8(5-6-12)10(11)7-9/h8-10H,3-5,7H2,1-2H3/t8-,9?,10?/m0/s1. The van der Waals surface area contributed by atoms with Crippen LogP contribution in [0.1, 0.15) is 39.5 Å². The number of nitriles is 1. The third-order valence-corrected chi connectivity index (χ3v) is 4.35. The van der Waals surface area contributed by atoms with Crippen LogP contribution in [-0.2, 0) is 0 Å². The first kappa shape index (κ1) is 8.10. The third kappa shape index (κ3) is 0.905. The first-order valence-electron chi connectivity index (χ1n) is 5.03. The first-order chi connectivity index (χ1) is 5.66. The molecule has 0 radical (unpaired) electrons. The van der Waals surface area contributed by atoms with Crippen LogP contribution in [0.4, 0.5) is 0 Å². The monoisotopic (exact) mass is 163 g/mol. The summed E-state index contributed by atoms with van der Waals surface area (Å²) in [4.78, 5) is 0. The molecule has 3 saturated carbocycles. The molecule has 3 aliphatic rings. The van der Waals surface area contributed by atoms with Crippen LogP contribution in [0.15, 0.2) is 0 Å². The number of fused-ring (bicyclic) bond motifs is 2. The molecule has 2 unspecified atom stereocenters. The Bertz CT molecular complexity index is 222. The molecule has 1 heteroatoms. The van der Waals surface area contributed by atoms with Crippen LogP contribution in [0, 0.1) is 34.5 Å². The van der Waals surface area contributed by atoms with Gasteiger partial charge < -0.3 is 0 Å². The van der Waals surface area contributed by atoms with E-state index in [-0.39, 0.29) is 0 Å². The van der Waals surface area contributed by atoms with Gasteiger partial charge in [0.15, 0.2) is 0 Å². The van der Waals surface area contributed by atoms with Crippen molar-refractivity contribution in [3.63, 3.8) is 0 Å². The van der Waals surface area contributed by atoms with E-state index in [0.717, 1.165) is 24.2 Å². The highest BCUT2D eigenvalue weighted by Gasteiger charge is 2.53. The Morgan fingerprint density at radius 2 is 2.17 bits per heavy atom. The van der Waals surface area contributed by atoms with E-state index in [1.807, 2.05) is 0 Å². The molecular formula is C11H17N. The molecule has 2 bridgehead atoms. The molecule has 3 atom stereocenters. The summed E-state index contributed by atoms with van der Waals surface area (Å²) in [5, 5.41) is 8.67. The van der Waals surface area contributed by atoms with Crippen LogP contribution < -0.4 is 0 Å². The summed E-state index contributed by atoms with van der Waals surface area (Å²) < 4.78 is 0. The number of hydrogen-bond acceptors (Lipinski definition) is 1. The highest BCUT2D eigenvalue weighted by Crippen LogP contribution is 2.61. The summed E-state index contributed by atoms with van der Waals surface area (Å²) in [6.07, 6.45) is 4.88. The summed E-state index contributed by atoms with van der Waals surface area (Å²) >= 11 is 0. The minimum atomic E-state index is 0.555. The Labute approximate surface area is 74.8 Å². The van der Waals surface area contributed by atoms with Gasteiger partial charge in [-0.05, 0) is 42.4 Å². The quantitative estimate of drug-likeness (QED) is 0.583. The lowest BCUT2D eigenvalue weighted by Gasteiger charge is -2.60. The average molecular weight is 163 g/mol. The topological polar surface area (TPSA) is 23.8 Å². The summed E-state index contributed by atoms with van der Waals surface area (Å²) in [6, 6.07) is 2.33. The van der Waals surface area contributed by atoms with Gasteiger partial charge in [0.05, 0.1) is 6.07 Å². The Morgan fingerprint density at radius 3 is 2.67 bits per heavy atom. The molecule has 0 heterocycles. The summed E-state index contributed by atoms with van der Waals surface area (Å²) in [6.45, 7) is 4.77. The Balaban J connectivity index is 2.07. The normalized spacial score (nSPS) is 42.9. The fraction of sp³-hybridized carbons (Fsp3) is 0.909. The third-order valence-electron chi connectivity index (χ3n) is 4.35. The van der Waals surface area contributed by atoms with Crippen molar-refractivity contribution >= 4 is 0 Å². The lowest BCUT2D eigenvalue weighted by molar-refractivity contribution is -0.103. The highest BCUT2D eigenvalue weighted by molar-refractivity contribution is 5.04. The van der Waals surface area contributed by atoms with Crippen molar-refractivity contribution in [2.45, 2.75) is 39.5 Å². The molecule has 0 aromatic heterocycles. The van der Waals surface area contributed by atoms with Crippen molar-refractivity contribution in [2.24, 2.45) is 23.2 Å². The molecule has 3 aliphatic carbocycles. The van der Waals surface area contributed by atoms with Gasteiger partial charge in [0.25, 0.3) is 0 Å². The van der Waals surface area contributed by atoms with Gasteiger partial charge in [0.2, 0.25) is 0 Å². The van der Waals surface area contributed by atoms with Crippen LogP contribution >= 0.6 is 0 Å². The second-order valence-corrected chi connectivity index (χ2v) is 5.06. The van der Waals surface area contributed by atoms with Gasteiger partial charge in [-0.25, -0.2) is 0 Å². The van der Waals surface area contributed by atoms with E-state index in [4.69, 9.17) is 5.26 Å². The predicted octanol–water partition coefficient (Wildman–Crippen LogP) is 2.97. The maximum atomic E-state index is 8.67. The molecule has 0 aromatic carbocycles. The van der Waals surface area contributed by atoms with Crippen LogP contribution in [0.3, 0.4) is 0 Å². The number of hydrogen-bond donors (Lipinski definition) is 0. The van der Waals surface area contributed by atoms with Gasteiger partial charge in [-0.1, -0.05) is 13.8 Å². The molecular weight excluding hydrogens is 146 g/mol. The molecule has 0 aliphatic heterocycles. The molecule has 0 saturated heterocycles. The zero-order valence-electron chi connectivity index (χ0n) is 8.01. The molecule has 0 spiro atoms. The summed E-state index contributed by atoms with van der Waals surface area (Å²) in [7, 11) is 0. The van der Waals surface area contributed by atoms with Gasteiger partial charge in [0, 0.05) is 6.42 Å². The maximum absolute atomic E-state index is 8.67. The second-order valence-electron chi connectivity index (χ2n) is 5.06. The molecule has 12 heavy (non-hydrogen) atoms. The molecule has 0 aromatic rings. The smallest absolute Gasteiger partial charge is 0.0624 e. The molecule has 0 N–H and O–H groups in total. The van der Waals surface area contributed by atoms with Crippen molar-refractivity contribution in [3.8, 4) is 6.07 Å². The van der Waals surface area contributed by atoms with Crippen LogP contribution in [0.25, 0.3) is 0 Å². The van der Waals surface area contributed by atoms with Crippen molar-refractivity contribution in [3.05, 3.63) is 0 Å². The van der Waals surface area contributed by atoms with Gasteiger partial charge in [0.1, 0.15) is 0 Å². The van der Waals surface area contributed by atoms with E-state index >= 15 is 0 Å². The van der Waals surface area contributed by atoms with E-state index < -0.39 is 0 Å². The summed E-state index contributed by atoms with van der Waals surface area (Å²) in [5.41, 5.74) is 0.555. The minimum absolute atomic E-state index is 0.555. The zero-order valence-corrected chi connectivity index (χ0v) is 8.01. The van der Waals surface area contributed by atoms with E-state index in [1.165, 1.54) is 19.3 Å². The lowest BCUT2D eigenvalue weighted by Crippen LogP contribution is -2.52. The average Bonchev–Trinajstić information content (AvgIpc) is 2.05. The van der Waals surface area contributed by atoms with Crippen LogP contribution in [0.2, 0.25) is 0 Å². The largest absolute Gasteiger partial charge is 0.198 e. The molecule has 3 rings (SSSR count). The van der Waals surface area contributed by atoms with Crippen LogP contribution in [0.5, 0.6) is 0 Å². The van der Waals surface area contributed by atoms with E-state index in [9.17, 15) is 0 Å². The fourth-order valence-corrected chi connectivity index (χ4v) is 3.32. The lowest BCUT2D eigenvalue weighted by atomic mass is 9.45. The molecule has 3 fully saturated rings. The van der Waals surface area contributed by atoms with E-state index in [1.54, 1.807) is 0 Å². The molecule has 66 valence electrons. The predicted molar refractivity (Wildman–Crippen MR) is 48.3 cm³/mol. The second kappa shape index (κ2) is 2.49. The van der Waals surface area contributed by atoms with E-state index in [2.05, 4.69) is 19.9 Å². The molecule has 0 amide bonds. The Hall–Kier alpha value is -0.510. The van der Waals surface area contributed by atoms with Crippen molar-refractivity contribution in [1.29, 1.82) is 5.26 Å². The number of nitrogens with zero attached hydrogens (tertiary/aromatic N) is 1. The molecule has 1 nitrogen and oxygen atoms in total. The maximum Gasteiger partial charge on any atom is 0.0624 e. The van der Waals surface area contributed by atoms with Crippen molar-refractivity contribution in [1.82, 2.24) is 0 Å². The van der Waals surface area contributed by atoms with Crippen LogP contribution in [-0.4, -0.2) is 0 Å².